The molecule has 1 atom stereocenters. The maximum atomic E-state index is 10.5. The van der Waals surface area contributed by atoms with Crippen molar-refractivity contribution in [3.63, 3.8) is 0 Å². The number of nitrogens with zero attached hydrogens (tertiary/aromatic N) is 3. The number of aromatic nitrogens is 2. The number of hydrogen-bond acceptors (Lipinski definition) is 5. The number of carbonyl (C=O) groups is 1. The molecule has 0 aromatic carbocycles. The van der Waals surface area contributed by atoms with E-state index in [4.69, 9.17) is 5.11 Å². The van der Waals surface area contributed by atoms with E-state index in [0.29, 0.717) is 6.54 Å². The average molecular weight is 201 g/mol. The Kier molecular flexibility index (Phi) is 3.18. The number of carboxylic acids is 1. The van der Waals surface area contributed by atoms with Gasteiger partial charge >= 0.3 is 5.97 Å². The van der Waals surface area contributed by atoms with Crippen LogP contribution in [-0.2, 0) is 4.79 Å². The number of hydrogen-bond donors (Lipinski definition) is 1. The lowest BCUT2D eigenvalue weighted by Crippen LogP contribution is -2.28. The molecular formula is C7H11N3O2S. The molecule has 1 N–H and O–H groups in total. The van der Waals surface area contributed by atoms with Gasteiger partial charge in [-0.25, -0.2) is 4.98 Å². The molecule has 0 radical (unpaired) electrons. The quantitative estimate of drug-likeness (QED) is 0.776. The van der Waals surface area contributed by atoms with Crippen LogP contribution in [0, 0.1) is 5.92 Å². The SMILES string of the molecule is CC(CN(C)c1ncns1)C(=O)O. The number of carboxylic acid groups (broad SMARTS) is 1. The second-order valence-electron chi connectivity index (χ2n) is 2.84. The first-order valence-corrected chi connectivity index (χ1v) is 4.59. The second-order valence-corrected chi connectivity index (χ2v) is 3.60. The monoisotopic (exact) mass is 201 g/mol. The summed E-state index contributed by atoms with van der Waals surface area (Å²) in [6.45, 7) is 2.12. The molecule has 1 heterocycles. The molecule has 5 nitrogen and oxygen atoms in total. The molecule has 1 rings (SSSR count). The van der Waals surface area contributed by atoms with Gasteiger partial charge in [0.2, 0.25) is 5.13 Å². The van der Waals surface area contributed by atoms with E-state index in [1.54, 1.807) is 18.9 Å². The van der Waals surface area contributed by atoms with Gasteiger partial charge in [0.15, 0.2) is 0 Å². The lowest BCUT2D eigenvalue weighted by Gasteiger charge is -2.17. The summed E-state index contributed by atoms with van der Waals surface area (Å²) in [7, 11) is 1.81. The molecule has 0 saturated carbocycles. The molecule has 1 aromatic rings. The predicted octanol–water partition coefficient (Wildman–Crippen LogP) is 0.695. The van der Waals surface area contributed by atoms with E-state index in [0.717, 1.165) is 5.13 Å². The smallest absolute Gasteiger partial charge is 0.308 e. The van der Waals surface area contributed by atoms with Crippen LogP contribution >= 0.6 is 11.5 Å². The first-order chi connectivity index (χ1) is 6.11. The highest BCUT2D eigenvalue weighted by molar-refractivity contribution is 7.09. The summed E-state index contributed by atoms with van der Waals surface area (Å²) in [5.41, 5.74) is 0. The first kappa shape index (κ1) is 9.91. The molecule has 0 amide bonds. The van der Waals surface area contributed by atoms with Crippen LogP contribution in [0.3, 0.4) is 0 Å². The van der Waals surface area contributed by atoms with E-state index in [-0.39, 0.29) is 0 Å². The summed E-state index contributed by atoms with van der Waals surface area (Å²) in [5.74, 6) is -1.19. The lowest BCUT2D eigenvalue weighted by atomic mass is 10.2. The van der Waals surface area contributed by atoms with Gasteiger partial charge in [-0.2, -0.15) is 4.37 Å². The summed E-state index contributed by atoms with van der Waals surface area (Å²) >= 11 is 1.26. The van der Waals surface area contributed by atoms with Crippen LogP contribution < -0.4 is 4.90 Å². The number of rotatable bonds is 4. The molecule has 6 heteroatoms. The lowest BCUT2D eigenvalue weighted by molar-refractivity contribution is -0.140. The Bertz CT molecular complexity index is 275. The standard InChI is InChI=1S/C7H11N3O2S/c1-5(6(11)12)3-10(2)7-8-4-9-13-7/h4-5H,3H2,1-2H3,(H,11,12). The van der Waals surface area contributed by atoms with Gasteiger partial charge in [0.1, 0.15) is 6.33 Å². The Labute approximate surface area is 80.2 Å². The zero-order chi connectivity index (χ0) is 9.84. The molecule has 13 heavy (non-hydrogen) atoms. The van der Waals surface area contributed by atoms with Gasteiger partial charge < -0.3 is 10.0 Å². The zero-order valence-electron chi connectivity index (χ0n) is 7.47. The molecule has 1 unspecified atom stereocenters. The van der Waals surface area contributed by atoms with Crippen molar-refractivity contribution < 1.29 is 9.90 Å². The zero-order valence-corrected chi connectivity index (χ0v) is 8.28. The van der Waals surface area contributed by atoms with Gasteiger partial charge in [-0.1, -0.05) is 6.92 Å². The van der Waals surface area contributed by atoms with E-state index in [9.17, 15) is 4.79 Å². The highest BCUT2D eigenvalue weighted by atomic mass is 32.1. The van der Waals surface area contributed by atoms with Crippen molar-refractivity contribution in [2.45, 2.75) is 6.92 Å². The molecule has 0 bridgehead atoms. The van der Waals surface area contributed by atoms with Crippen molar-refractivity contribution in [3.05, 3.63) is 6.33 Å². The molecule has 0 aliphatic carbocycles. The highest BCUT2D eigenvalue weighted by Gasteiger charge is 2.15. The fraction of sp³-hybridized carbons (Fsp3) is 0.571. The first-order valence-electron chi connectivity index (χ1n) is 3.82. The highest BCUT2D eigenvalue weighted by Crippen LogP contribution is 2.13. The van der Waals surface area contributed by atoms with Crippen molar-refractivity contribution in [1.29, 1.82) is 0 Å². The summed E-state index contributed by atoms with van der Waals surface area (Å²) in [6.07, 6.45) is 1.46. The molecule has 72 valence electrons. The third kappa shape index (κ3) is 2.66. The van der Waals surface area contributed by atoms with Crippen molar-refractivity contribution in [3.8, 4) is 0 Å². The fourth-order valence-electron chi connectivity index (χ4n) is 0.902. The van der Waals surface area contributed by atoms with E-state index < -0.39 is 11.9 Å². The molecule has 0 aliphatic rings. The molecular weight excluding hydrogens is 190 g/mol. The Morgan fingerprint density at radius 2 is 2.54 bits per heavy atom. The Morgan fingerprint density at radius 3 is 3.00 bits per heavy atom. The second kappa shape index (κ2) is 4.18. The topological polar surface area (TPSA) is 66.3 Å². The third-order valence-electron chi connectivity index (χ3n) is 1.65. The van der Waals surface area contributed by atoms with Crippen LogP contribution in [0.4, 0.5) is 5.13 Å². The minimum absolute atomic E-state index is 0.395. The van der Waals surface area contributed by atoms with Crippen LogP contribution in [0.15, 0.2) is 6.33 Å². The maximum Gasteiger partial charge on any atom is 0.308 e. The molecule has 1 aromatic heterocycles. The van der Waals surface area contributed by atoms with Gasteiger partial charge in [-0.05, 0) is 0 Å². The van der Waals surface area contributed by atoms with Gasteiger partial charge in [0.25, 0.3) is 0 Å². The number of aliphatic carboxylic acids is 1. The van der Waals surface area contributed by atoms with Gasteiger partial charge in [-0.3, -0.25) is 4.79 Å². The summed E-state index contributed by atoms with van der Waals surface area (Å²) in [5, 5.41) is 9.41. The van der Waals surface area contributed by atoms with Crippen LogP contribution in [0.1, 0.15) is 6.92 Å². The van der Waals surface area contributed by atoms with E-state index >= 15 is 0 Å². The molecule has 0 saturated heterocycles. The average Bonchev–Trinajstić information content (AvgIpc) is 2.55. The van der Waals surface area contributed by atoms with Crippen molar-refractivity contribution in [1.82, 2.24) is 9.36 Å². The minimum Gasteiger partial charge on any atom is -0.481 e. The predicted molar refractivity (Wildman–Crippen MR) is 50.0 cm³/mol. The third-order valence-corrected chi connectivity index (χ3v) is 2.43. The summed E-state index contributed by atoms with van der Waals surface area (Å²) in [6, 6.07) is 0. The summed E-state index contributed by atoms with van der Waals surface area (Å²) in [4.78, 5) is 16.3. The van der Waals surface area contributed by atoms with Crippen molar-refractivity contribution in [2.24, 2.45) is 5.92 Å². The maximum absolute atomic E-state index is 10.5. The van der Waals surface area contributed by atoms with Crippen LogP contribution in [0.2, 0.25) is 0 Å². The van der Waals surface area contributed by atoms with Crippen LogP contribution in [0.25, 0.3) is 0 Å². The van der Waals surface area contributed by atoms with Gasteiger partial charge in [-0.15, -0.1) is 0 Å². The fourth-order valence-corrected chi connectivity index (χ4v) is 1.40. The Hall–Kier alpha value is -1.17. The van der Waals surface area contributed by atoms with Crippen molar-refractivity contribution >= 4 is 22.6 Å². The Morgan fingerprint density at radius 1 is 1.85 bits per heavy atom. The Balaban J connectivity index is 2.51. The van der Waals surface area contributed by atoms with Gasteiger partial charge in [0.05, 0.1) is 5.92 Å². The van der Waals surface area contributed by atoms with E-state index in [1.165, 1.54) is 17.9 Å². The number of anilines is 1. The van der Waals surface area contributed by atoms with E-state index in [2.05, 4.69) is 9.36 Å². The van der Waals surface area contributed by atoms with Gasteiger partial charge in [0, 0.05) is 25.1 Å². The normalized spacial score (nSPS) is 12.5. The van der Waals surface area contributed by atoms with Crippen LogP contribution in [0.5, 0.6) is 0 Å². The summed E-state index contributed by atoms with van der Waals surface area (Å²) < 4.78 is 3.84. The minimum atomic E-state index is -0.795. The molecule has 0 fully saturated rings. The van der Waals surface area contributed by atoms with Crippen molar-refractivity contribution in [2.75, 3.05) is 18.5 Å². The largest absolute Gasteiger partial charge is 0.481 e. The molecule has 0 aliphatic heterocycles. The van der Waals surface area contributed by atoms with Crippen LogP contribution in [-0.4, -0.2) is 34.0 Å². The molecule has 0 spiro atoms. The van der Waals surface area contributed by atoms with E-state index in [1.807, 2.05) is 0 Å².